The Labute approximate surface area is 339 Å². The lowest BCUT2D eigenvalue weighted by atomic mass is 9.73. The lowest BCUT2D eigenvalue weighted by Crippen LogP contribution is -2.30. The summed E-state index contributed by atoms with van der Waals surface area (Å²) in [5.41, 5.74) is 15.4. The van der Waals surface area contributed by atoms with E-state index in [0.717, 1.165) is 21.9 Å². The molecule has 280 valence electrons. The minimum Gasteiger partial charge on any atom is -0.456 e. The van der Waals surface area contributed by atoms with Crippen molar-refractivity contribution in [3.05, 3.63) is 179 Å². The fourth-order valence-corrected chi connectivity index (χ4v) is 10.9. The zero-order chi connectivity index (χ0) is 39.2. The fourth-order valence-electron chi connectivity index (χ4n) is 10.9. The maximum Gasteiger partial charge on any atom is 0.137 e. The number of hydrogen-bond acceptors (Lipinski definition) is 3. The summed E-state index contributed by atoms with van der Waals surface area (Å²) in [5.74, 6) is 0.296. The van der Waals surface area contributed by atoms with E-state index < -0.39 is 0 Å². The lowest BCUT2D eigenvalue weighted by Gasteiger charge is -2.43. The van der Waals surface area contributed by atoms with Crippen LogP contribution >= 0.6 is 0 Å². The molecule has 1 aromatic heterocycles. The van der Waals surface area contributed by atoms with E-state index in [-0.39, 0.29) is 10.8 Å². The summed E-state index contributed by atoms with van der Waals surface area (Å²) in [7, 11) is 0. The molecule has 0 bridgehead atoms. The van der Waals surface area contributed by atoms with E-state index in [9.17, 15) is 0 Å². The summed E-state index contributed by atoms with van der Waals surface area (Å²) < 4.78 is 6.60. The van der Waals surface area contributed by atoms with E-state index in [1.807, 2.05) is 0 Å². The van der Waals surface area contributed by atoms with Crippen LogP contribution in [0.2, 0.25) is 0 Å². The van der Waals surface area contributed by atoms with Gasteiger partial charge >= 0.3 is 0 Å². The van der Waals surface area contributed by atoms with Crippen LogP contribution in [-0.4, -0.2) is 0 Å². The Balaban J connectivity index is 1.18. The first-order valence-corrected chi connectivity index (χ1v) is 20.7. The average molecular weight is 749 g/mol. The fraction of sp³-hybridized carbons (Fsp3) is 0.164. The van der Waals surface area contributed by atoms with Gasteiger partial charge in [-0.25, -0.2) is 0 Å². The minimum absolute atomic E-state index is 0.127. The van der Waals surface area contributed by atoms with Crippen LogP contribution in [0, 0.1) is 0 Å². The molecule has 0 amide bonds. The number of fused-ring (bicyclic) bond motifs is 7. The van der Waals surface area contributed by atoms with Crippen molar-refractivity contribution in [1.29, 1.82) is 0 Å². The summed E-state index contributed by atoms with van der Waals surface area (Å²) in [5, 5.41) is 10.1. The second-order valence-corrected chi connectivity index (χ2v) is 17.9. The molecule has 3 heteroatoms. The van der Waals surface area contributed by atoms with Crippen LogP contribution < -0.4 is 9.80 Å². The molecule has 0 atom stereocenters. The van der Waals surface area contributed by atoms with E-state index in [2.05, 4.69) is 203 Å². The Hall–Kier alpha value is -6.58. The van der Waals surface area contributed by atoms with Crippen molar-refractivity contribution in [3.63, 3.8) is 0 Å². The Bertz CT molecular complexity index is 3290. The third-order valence-corrected chi connectivity index (χ3v) is 13.7. The largest absolute Gasteiger partial charge is 0.456 e. The molecule has 0 spiro atoms. The molecule has 0 fully saturated rings. The average Bonchev–Trinajstić information content (AvgIpc) is 3.60. The molecule has 2 aliphatic heterocycles. The van der Waals surface area contributed by atoms with Crippen LogP contribution in [-0.2, 0) is 10.8 Å². The molecule has 2 aliphatic rings. The van der Waals surface area contributed by atoms with Crippen LogP contribution in [0.3, 0.4) is 0 Å². The SMILES string of the molecule is CC(C)c1cc2ccc(N3c4ccccc4C(C)(C)c4ccccc43)c3ccc4ccc(N5c6ccccc6C(C)(C)c6cc7c(cc65)oc5ccccc57)c1c4c23. The molecule has 0 unspecified atom stereocenters. The van der Waals surface area contributed by atoms with Crippen molar-refractivity contribution in [1.82, 2.24) is 0 Å². The van der Waals surface area contributed by atoms with Crippen LogP contribution in [0.1, 0.15) is 75.3 Å². The van der Waals surface area contributed by atoms with Crippen molar-refractivity contribution in [2.45, 2.75) is 58.3 Å². The Morgan fingerprint density at radius 1 is 0.397 bits per heavy atom. The van der Waals surface area contributed by atoms with Gasteiger partial charge in [-0.1, -0.05) is 145 Å². The van der Waals surface area contributed by atoms with Crippen molar-refractivity contribution in [3.8, 4) is 0 Å². The lowest BCUT2D eigenvalue weighted by molar-refractivity contribution is 0.631. The molecule has 0 aliphatic carbocycles. The molecule has 0 radical (unpaired) electrons. The quantitative estimate of drug-likeness (QED) is 0.168. The van der Waals surface area contributed by atoms with Crippen LogP contribution in [0.4, 0.5) is 34.1 Å². The number of nitrogens with zero attached hydrogens (tertiary/aromatic N) is 2. The first kappa shape index (κ1) is 33.5. The number of anilines is 6. The normalized spacial score (nSPS) is 15.4. The summed E-state index contributed by atoms with van der Waals surface area (Å²) >= 11 is 0. The second kappa shape index (κ2) is 11.5. The number of para-hydroxylation sites is 4. The zero-order valence-corrected chi connectivity index (χ0v) is 33.8. The first-order chi connectivity index (χ1) is 28.1. The van der Waals surface area contributed by atoms with Crippen molar-refractivity contribution in [2.75, 3.05) is 9.80 Å². The van der Waals surface area contributed by atoms with Gasteiger partial charge < -0.3 is 14.2 Å². The van der Waals surface area contributed by atoms with E-state index in [1.165, 1.54) is 94.3 Å². The molecule has 0 saturated heterocycles. The van der Waals surface area contributed by atoms with Gasteiger partial charge in [0, 0.05) is 38.4 Å². The van der Waals surface area contributed by atoms with E-state index in [4.69, 9.17) is 4.42 Å². The van der Waals surface area contributed by atoms with E-state index in [1.54, 1.807) is 0 Å². The van der Waals surface area contributed by atoms with Gasteiger partial charge in [0.2, 0.25) is 0 Å². The molecule has 3 nitrogen and oxygen atoms in total. The molecule has 58 heavy (non-hydrogen) atoms. The third-order valence-electron chi connectivity index (χ3n) is 13.7. The van der Waals surface area contributed by atoms with E-state index >= 15 is 0 Å². The van der Waals surface area contributed by atoms with Crippen LogP contribution in [0.25, 0.3) is 54.3 Å². The number of rotatable bonds is 3. The molecular weight excluding hydrogens is 705 g/mol. The minimum atomic E-state index is -0.232. The summed E-state index contributed by atoms with van der Waals surface area (Å²) in [6.45, 7) is 14.2. The molecule has 12 rings (SSSR count). The van der Waals surface area contributed by atoms with Crippen molar-refractivity contribution < 1.29 is 4.42 Å². The maximum absolute atomic E-state index is 6.60. The zero-order valence-electron chi connectivity index (χ0n) is 33.8. The van der Waals surface area contributed by atoms with Crippen LogP contribution in [0.15, 0.2) is 156 Å². The van der Waals surface area contributed by atoms with Gasteiger partial charge in [-0.3, -0.25) is 0 Å². The third kappa shape index (κ3) is 4.29. The van der Waals surface area contributed by atoms with Gasteiger partial charge in [0.1, 0.15) is 11.2 Å². The van der Waals surface area contributed by atoms with Crippen molar-refractivity contribution >= 4 is 88.4 Å². The van der Waals surface area contributed by atoms with E-state index in [0.29, 0.717) is 5.92 Å². The summed E-state index contributed by atoms with van der Waals surface area (Å²) in [6, 6.07) is 56.7. The maximum atomic E-state index is 6.60. The number of benzene rings is 9. The Kier molecular flexibility index (Phi) is 6.66. The molecule has 0 N–H and O–H groups in total. The highest BCUT2D eigenvalue weighted by atomic mass is 16.3. The van der Waals surface area contributed by atoms with Gasteiger partial charge in [0.25, 0.3) is 0 Å². The molecule has 9 aromatic carbocycles. The highest BCUT2D eigenvalue weighted by molar-refractivity contribution is 6.29. The van der Waals surface area contributed by atoms with Gasteiger partial charge in [0.05, 0.1) is 34.1 Å². The number of furan rings is 1. The second-order valence-electron chi connectivity index (χ2n) is 17.9. The Morgan fingerprint density at radius 2 is 0.948 bits per heavy atom. The predicted molar refractivity (Wildman–Crippen MR) is 245 cm³/mol. The van der Waals surface area contributed by atoms with Gasteiger partial charge in [-0.05, 0) is 97.7 Å². The predicted octanol–water partition coefficient (Wildman–Crippen LogP) is 15.8. The monoisotopic (exact) mass is 748 g/mol. The molecule has 0 saturated carbocycles. The first-order valence-electron chi connectivity index (χ1n) is 20.7. The van der Waals surface area contributed by atoms with Gasteiger partial charge in [0.15, 0.2) is 0 Å². The highest BCUT2D eigenvalue weighted by Gasteiger charge is 2.40. The molecule has 3 heterocycles. The van der Waals surface area contributed by atoms with Crippen molar-refractivity contribution in [2.24, 2.45) is 0 Å². The van der Waals surface area contributed by atoms with Gasteiger partial charge in [-0.2, -0.15) is 0 Å². The topological polar surface area (TPSA) is 19.6 Å². The summed E-state index contributed by atoms with van der Waals surface area (Å²) in [6.07, 6.45) is 0. The smallest absolute Gasteiger partial charge is 0.137 e. The number of hydrogen-bond donors (Lipinski definition) is 0. The highest BCUT2D eigenvalue weighted by Crippen LogP contribution is 2.58. The van der Waals surface area contributed by atoms with Gasteiger partial charge in [-0.15, -0.1) is 0 Å². The summed E-state index contributed by atoms with van der Waals surface area (Å²) in [4.78, 5) is 5.06. The molecule has 10 aromatic rings. The Morgan fingerprint density at radius 3 is 1.62 bits per heavy atom. The standard InChI is InChI=1S/C55H44N2O/c1-32(2)37-29-34-25-27-43(56-44-19-11-8-16-39(44)54(3,4)40-17-9-12-20-45(40)56)36-26-23-33-24-28-47(53(37)52(33)51(34)36)57-46-21-13-10-18-41(46)55(5,6)42-30-38-35-15-7-14-22-49(35)58-50(38)31-48(42)57/h7-32H,1-6H3. The molecular formula is C55H44N2O. The van der Waals surface area contributed by atoms with Crippen LogP contribution in [0.5, 0.6) is 0 Å².